The summed E-state index contributed by atoms with van der Waals surface area (Å²) in [6, 6.07) is 106. The molecule has 0 N–H and O–H groups in total. The van der Waals surface area contributed by atoms with Gasteiger partial charge in [0.2, 0.25) is 0 Å². The molecule has 5 heterocycles. The van der Waals surface area contributed by atoms with Gasteiger partial charge in [-0.25, -0.2) is 0 Å². The molecule has 0 radical (unpaired) electrons. The van der Waals surface area contributed by atoms with Gasteiger partial charge in [0.15, 0.2) is 0 Å². The molecule has 0 atom stereocenters. The van der Waals surface area contributed by atoms with E-state index in [4.69, 9.17) is 4.98 Å². The summed E-state index contributed by atoms with van der Waals surface area (Å²) >= 11 is 0. The molecule has 94 heavy (non-hydrogen) atoms. The molecule has 0 aliphatic rings. The van der Waals surface area contributed by atoms with Crippen LogP contribution in [0.1, 0.15) is 27.8 Å². The molecule has 6 heteroatoms. The molecule has 0 aliphatic carbocycles. The summed E-state index contributed by atoms with van der Waals surface area (Å²) in [5.41, 5.74) is 27.2. The Balaban J connectivity index is 1.15. The van der Waals surface area contributed by atoms with E-state index in [0.717, 1.165) is 188 Å². The number of benzene rings is 13. The fourth-order valence-electron chi connectivity index (χ4n) is 15.2. The number of rotatable bonds is 9. The first-order valence-corrected chi connectivity index (χ1v) is 32.2. The quantitative estimate of drug-likeness (QED) is 0.145. The molecule has 18 rings (SSSR count). The highest BCUT2D eigenvalue weighted by atomic mass is 15.1. The van der Waals surface area contributed by atoms with Crippen LogP contribution in [0.5, 0.6) is 0 Å². The maximum absolute atomic E-state index is 13.1. The second kappa shape index (κ2) is 21.4. The van der Waals surface area contributed by atoms with E-state index in [-0.39, 0.29) is 0 Å². The lowest BCUT2D eigenvalue weighted by Crippen LogP contribution is -2.17. The van der Waals surface area contributed by atoms with Crippen LogP contribution in [-0.2, 0) is 0 Å². The molecule has 0 bridgehead atoms. The van der Waals surface area contributed by atoms with Crippen LogP contribution in [0.3, 0.4) is 0 Å². The van der Waals surface area contributed by atoms with Gasteiger partial charge in [-0.3, -0.25) is 4.98 Å². The van der Waals surface area contributed by atoms with E-state index in [1.165, 1.54) is 0 Å². The van der Waals surface area contributed by atoms with Crippen LogP contribution in [-0.4, -0.2) is 23.3 Å². The largest absolute Gasteiger partial charge is 0.306 e. The fraction of sp³-hybridized carbons (Fsp3) is 0.0455. The van der Waals surface area contributed by atoms with Crippen molar-refractivity contribution >= 4 is 87.2 Å². The molecular formula is C88H60N6. The Morgan fingerprint density at radius 1 is 0.245 bits per heavy atom. The lowest BCUT2D eigenvalue weighted by Gasteiger charge is -2.29. The minimum absolute atomic E-state index is 0.518. The van der Waals surface area contributed by atoms with Crippen molar-refractivity contribution in [2.45, 2.75) is 27.7 Å². The Morgan fingerprint density at radius 3 is 0.798 bits per heavy atom. The SMILES string of the molecule is Cc1ccc2c(c1)c1cc(C)ccc1n2-c1c(C#N)c(-c2ccncc2)c(-n2c3ccc(C)cc3c3cc(C)ccc32)c(-n2c3ccc(-c4ccccc4)cc3c3cc(-c4ccccc4)ccc32)c1-n1c2ccc(-c3ccccc3)cc2c2cc(-c3ccccc3)ccc21. The highest BCUT2D eigenvalue weighted by Crippen LogP contribution is 2.53. The van der Waals surface area contributed by atoms with Crippen LogP contribution in [0.4, 0.5) is 0 Å². The summed E-state index contributed by atoms with van der Waals surface area (Å²) in [5, 5.41) is 22.0. The van der Waals surface area contributed by atoms with Crippen molar-refractivity contribution in [1.29, 1.82) is 5.26 Å². The summed E-state index contributed by atoms with van der Waals surface area (Å²) in [6.07, 6.45) is 3.74. The van der Waals surface area contributed by atoms with E-state index in [1.54, 1.807) is 0 Å². The number of nitriles is 1. The zero-order valence-corrected chi connectivity index (χ0v) is 52.4. The van der Waals surface area contributed by atoms with Crippen LogP contribution in [0, 0.1) is 39.0 Å². The Morgan fingerprint density at radius 2 is 0.500 bits per heavy atom. The molecular weight excluding hydrogens is 1140 g/mol. The van der Waals surface area contributed by atoms with Gasteiger partial charge in [0.25, 0.3) is 0 Å². The lowest BCUT2D eigenvalue weighted by molar-refractivity contribution is 1.02. The first-order chi connectivity index (χ1) is 46.2. The average molecular weight is 1200 g/mol. The Bertz CT molecular complexity index is 5870. The molecule has 5 aromatic heterocycles. The van der Waals surface area contributed by atoms with Crippen LogP contribution < -0.4 is 0 Å². The van der Waals surface area contributed by atoms with E-state index in [1.807, 2.05) is 12.4 Å². The molecule has 0 saturated heterocycles. The molecule has 13 aromatic carbocycles. The summed E-state index contributed by atoms with van der Waals surface area (Å²) in [7, 11) is 0. The molecule has 18 aromatic rings. The standard InChI is InChI=1S/C88H60N6/c1-54-25-33-76-67(45-54)68-46-55(2)26-34-77(68)91(76)85-75(53-89)84(62-41-43-90-44-42-62)86(92-78-35-27-56(3)47-69(78)70-48-57(4)28-36-79(70)92)88(94-82-39-31-65(60-21-13-7-14-22-60)51-73(82)74-52-66(32-40-83(74)94)61-23-15-8-16-24-61)87(85)93-80-37-29-63(58-17-9-5-10-18-58)49-71(80)72-50-64(30-38-81(72)93)59-19-11-6-12-20-59/h5-52H,1-4H3. The maximum Gasteiger partial charge on any atom is 0.102 e. The first kappa shape index (κ1) is 54.6. The second-order valence-electron chi connectivity index (χ2n) is 25.3. The number of aryl methyl sites for hydroxylation is 4. The first-order valence-electron chi connectivity index (χ1n) is 32.2. The Hall–Kier alpha value is -12.3. The lowest BCUT2D eigenvalue weighted by atomic mass is 9.93. The zero-order valence-electron chi connectivity index (χ0n) is 52.4. The molecule has 0 amide bonds. The van der Waals surface area contributed by atoms with E-state index in [9.17, 15) is 5.26 Å². The van der Waals surface area contributed by atoms with Crippen molar-refractivity contribution in [2.75, 3.05) is 0 Å². The van der Waals surface area contributed by atoms with Crippen molar-refractivity contribution in [3.8, 4) is 84.5 Å². The molecule has 0 unspecified atom stereocenters. The van der Waals surface area contributed by atoms with Crippen LogP contribution in [0.15, 0.2) is 291 Å². The van der Waals surface area contributed by atoms with E-state index in [2.05, 4.69) is 331 Å². The van der Waals surface area contributed by atoms with Gasteiger partial charge in [0.1, 0.15) is 6.07 Å². The number of nitrogens with zero attached hydrogens (tertiary/aromatic N) is 6. The maximum atomic E-state index is 13.1. The summed E-state index contributed by atoms with van der Waals surface area (Å²) in [5.74, 6) is 0. The highest BCUT2D eigenvalue weighted by molar-refractivity contribution is 6.19. The molecule has 0 saturated carbocycles. The van der Waals surface area contributed by atoms with Gasteiger partial charge in [-0.15, -0.1) is 0 Å². The van der Waals surface area contributed by atoms with Gasteiger partial charge < -0.3 is 18.3 Å². The topological polar surface area (TPSA) is 56.4 Å². The zero-order chi connectivity index (χ0) is 62.9. The fourth-order valence-corrected chi connectivity index (χ4v) is 15.2. The third kappa shape index (κ3) is 8.45. The average Bonchev–Trinajstić information content (AvgIpc) is 1.48. The normalized spacial score (nSPS) is 11.8. The van der Waals surface area contributed by atoms with Gasteiger partial charge in [-0.05, 0) is 187 Å². The predicted molar refractivity (Wildman–Crippen MR) is 392 cm³/mol. The minimum atomic E-state index is 0.518. The van der Waals surface area contributed by atoms with Crippen molar-refractivity contribution < 1.29 is 0 Å². The van der Waals surface area contributed by atoms with Crippen molar-refractivity contribution in [1.82, 2.24) is 23.3 Å². The predicted octanol–water partition coefficient (Wildman–Crippen LogP) is 22.9. The van der Waals surface area contributed by atoms with Crippen molar-refractivity contribution in [2.24, 2.45) is 0 Å². The Labute approximate surface area is 544 Å². The van der Waals surface area contributed by atoms with Crippen LogP contribution >= 0.6 is 0 Å². The summed E-state index contributed by atoms with van der Waals surface area (Å²) in [6.45, 7) is 8.71. The van der Waals surface area contributed by atoms with E-state index in [0.29, 0.717) is 5.56 Å². The van der Waals surface area contributed by atoms with Gasteiger partial charge >= 0.3 is 0 Å². The second-order valence-corrected chi connectivity index (χ2v) is 25.3. The minimum Gasteiger partial charge on any atom is -0.306 e. The summed E-state index contributed by atoms with van der Waals surface area (Å²) in [4.78, 5) is 4.71. The van der Waals surface area contributed by atoms with Crippen molar-refractivity contribution in [3.05, 3.63) is 319 Å². The molecule has 0 spiro atoms. The highest BCUT2D eigenvalue weighted by Gasteiger charge is 2.36. The molecule has 0 aliphatic heterocycles. The number of fused-ring (bicyclic) bond motifs is 12. The molecule has 0 fully saturated rings. The smallest absolute Gasteiger partial charge is 0.102 e. The van der Waals surface area contributed by atoms with E-state index >= 15 is 0 Å². The number of hydrogen-bond acceptors (Lipinski definition) is 2. The number of hydrogen-bond donors (Lipinski definition) is 0. The van der Waals surface area contributed by atoms with Crippen LogP contribution in [0.25, 0.3) is 166 Å². The summed E-state index contributed by atoms with van der Waals surface area (Å²) < 4.78 is 10.0. The van der Waals surface area contributed by atoms with Gasteiger partial charge in [0.05, 0.1) is 72.4 Å². The van der Waals surface area contributed by atoms with Crippen molar-refractivity contribution in [3.63, 3.8) is 0 Å². The van der Waals surface area contributed by atoms with Gasteiger partial charge in [0, 0.05) is 61.0 Å². The third-order valence-electron chi connectivity index (χ3n) is 19.5. The van der Waals surface area contributed by atoms with E-state index < -0.39 is 0 Å². The number of pyridine rings is 1. The van der Waals surface area contributed by atoms with Crippen LogP contribution in [0.2, 0.25) is 0 Å². The molecule has 6 nitrogen and oxygen atoms in total. The molecule has 442 valence electrons. The third-order valence-corrected chi connectivity index (χ3v) is 19.5. The Kier molecular flexibility index (Phi) is 12.4. The van der Waals surface area contributed by atoms with Gasteiger partial charge in [-0.1, -0.05) is 192 Å². The number of aromatic nitrogens is 5. The monoisotopic (exact) mass is 1200 g/mol. The van der Waals surface area contributed by atoms with Gasteiger partial charge in [-0.2, -0.15) is 5.26 Å².